The summed E-state index contributed by atoms with van der Waals surface area (Å²) in [6.45, 7) is 0. The van der Waals surface area contributed by atoms with Gasteiger partial charge in [0, 0.05) is 33.3 Å². The minimum absolute atomic E-state index is 0.0841. The maximum Gasteiger partial charge on any atom is 0.168 e. The Balaban J connectivity index is 1.89. The van der Waals surface area contributed by atoms with Gasteiger partial charge in [-0.25, -0.2) is 13.8 Å². The van der Waals surface area contributed by atoms with Gasteiger partial charge < -0.3 is 10.4 Å². The number of benzene rings is 2. The van der Waals surface area contributed by atoms with Crippen LogP contribution in [0.15, 0.2) is 60.9 Å². The van der Waals surface area contributed by atoms with E-state index in [-0.39, 0.29) is 11.6 Å². The van der Waals surface area contributed by atoms with Gasteiger partial charge in [0.15, 0.2) is 11.6 Å². The normalized spacial score (nSPS) is 12.1. The smallest absolute Gasteiger partial charge is 0.168 e. The second-order valence-electron chi connectivity index (χ2n) is 6.34. The van der Waals surface area contributed by atoms with Crippen LogP contribution >= 0.6 is 23.2 Å². The third-order valence-electron chi connectivity index (χ3n) is 4.40. The van der Waals surface area contributed by atoms with E-state index in [1.807, 2.05) is 6.07 Å². The summed E-state index contributed by atoms with van der Waals surface area (Å²) in [5, 5.41) is 15.2. The SMILES string of the molecule is Oc1c(C(Nc2ncc(F)cc2F)c2cc(Cl)cc(Cl)c2)ccc2cccnc12. The molecule has 2 heterocycles. The van der Waals surface area contributed by atoms with Gasteiger partial charge in [-0.15, -0.1) is 0 Å². The standard InChI is InChI=1S/C21H13Cl2F2N3O/c22-13-6-12(7-14(23)8-13)18(28-21-17(25)9-15(24)10-27-21)16-4-3-11-2-1-5-26-19(11)20(16)29/h1-10,18,29H,(H,27,28). The molecule has 146 valence electrons. The van der Waals surface area contributed by atoms with Crippen LogP contribution in [0.1, 0.15) is 17.2 Å². The molecule has 2 aromatic heterocycles. The Morgan fingerprint density at radius 2 is 1.72 bits per heavy atom. The lowest BCUT2D eigenvalue weighted by Crippen LogP contribution is -2.15. The molecular weight excluding hydrogens is 419 g/mol. The number of nitrogens with zero attached hydrogens (tertiary/aromatic N) is 2. The Bertz CT molecular complexity index is 1200. The first-order valence-corrected chi connectivity index (χ1v) is 9.28. The van der Waals surface area contributed by atoms with E-state index < -0.39 is 17.7 Å². The molecule has 0 spiro atoms. The number of nitrogens with one attached hydrogen (secondary N) is 1. The van der Waals surface area contributed by atoms with Gasteiger partial charge in [0.25, 0.3) is 0 Å². The number of aromatic hydroxyl groups is 1. The number of fused-ring (bicyclic) bond motifs is 1. The number of anilines is 1. The zero-order chi connectivity index (χ0) is 20.5. The number of aromatic nitrogens is 2. The van der Waals surface area contributed by atoms with E-state index in [1.165, 1.54) is 0 Å². The zero-order valence-corrected chi connectivity index (χ0v) is 16.2. The maximum absolute atomic E-state index is 14.3. The predicted octanol–water partition coefficient (Wildman–Crippen LogP) is 6.12. The van der Waals surface area contributed by atoms with Gasteiger partial charge >= 0.3 is 0 Å². The summed E-state index contributed by atoms with van der Waals surface area (Å²) in [6, 6.07) is 11.8. The van der Waals surface area contributed by atoms with Crippen LogP contribution in [0.4, 0.5) is 14.6 Å². The molecular formula is C21H13Cl2F2N3O. The highest BCUT2D eigenvalue weighted by molar-refractivity contribution is 6.34. The van der Waals surface area contributed by atoms with E-state index in [9.17, 15) is 13.9 Å². The summed E-state index contributed by atoms with van der Waals surface area (Å²) in [6.07, 6.45) is 2.46. The highest BCUT2D eigenvalue weighted by Gasteiger charge is 2.22. The molecule has 0 aliphatic carbocycles. The minimum Gasteiger partial charge on any atom is -0.505 e. The number of phenols is 1. The highest BCUT2D eigenvalue weighted by Crippen LogP contribution is 2.38. The van der Waals surface area contributed by atoms with Crippen molar-refractivity contribution >= 4 is 39.9 Å². The van der Waals surface area contributed by atoms with Crippen molar-refractivity contribution in [2.45, 2.75) is 6.04 Å². The van der Waals surface area contributed by atoms with Crippen LogP contribution in [0.25, 0.3) is 10.9 Å². The van der Waals surface area contributed by atoms with E-state index in [4.69, 9.17) is 23.2 Å². The van der Waals surface area contributed by atoms with Gasteiger partial charge in [0.1, 0.15) is 17.1 Å². The first-order valence-electron chi connectivity index (χ1n) is 8.52. The predicted molar refractivity (Wildman–Crippen MR) is 109 cm³/mol. The molecule has 0 fully saturated rings. The van der Waals surface area contributed by atoms with Crippen molar-refractivity contribution in [2.75, 3.05) is 5.32 Å². The molecule has 0 bridgehead atoms. The summed E-state index contributed by atoms with van der Waals surface area (Å²) >= 11 is 12.3. The summed E-state index contributed by atoms with van der Waals surface area (Å²) in [4.78, 5) is 8.00. The van der Waals surface area contributed by atoms with Crippen molar-refractivity contribution in [3.8, 4) is 5.75 Å². The van der Waals surface area contributed by atoms with Gasteiger partial charge in [-0.05, 0) is 29.8 Å². The van der Waals surface area contributed by atoms with Gasteiger partial charge in [0.05, 0.1) is 12.2 Å². The molecule has 8 heteroatoms. The molecule has 1 atom stereocenters. The number of hydrogen-bond acceptors (Lipinski definition) is 4. The second-order valence-corrected chi connectivity index (χ2v) is 7.22. The summed E-state index contributed by atoms with van der Waals surface area (Å²) in [5.41, 5.74) is 1.34. The van der Waals surface area contributed by atoms with E-state index in [2.05, 4.69) is 15.3 Å². The van der Waals surface area contributed by atoms with Crippen LogP contribution in [-0.4, -0.2) is 15.1 Å². The van der Waals surface area contributed by atoms with Gasteiger partial charge in [-0.2, -0.15) is 0 Å². The molecule has 0 aliphatic rings. The van der Waals surface area contributed by atoms with Gasteiger partial charge in [0.2, 0.25) is 0 Å². The lowest BCUT2D eigenvalue weighted by atomic mass is 9.96. The van der Waals surface area contributed by atoms with E-state index in [0.717, 1.165) is 17.6 Å². The Morgan fingerprint density at radius 3 is 2.45 bits per heavy atom. The fraction of sp³-hybridized carbons (Fsp3) is 0.0476. The molecule has 2 aromatic carbocycles. The Hall–Kier alpha value is -2.96. The molecule has 29 heavy (non-hydrogen) atoms. The molecule has 4 rings (SSSR count). The average molecular weight is 432 g/mol. The molecule has 4 aromatic rings. The Labute approximate surface area is 174 Å². The first kappa shape index (κ1) is 19.4. The van der Waals surface area contributed by atoms with Crippen LogP contribution in [-0.2, 0) is 0 Å². The third-order valence-corrected chi connectivity index (χ3v) is 4.83. The van der Waals surface area contributed by atoms with Crippen molar-refractivity contribution in [3.63, 3.8) is 0 Å². The van der Waals surface area contributed by atoms with E-state index in [1.54, 1.807) is 42.6 Å². The van der Waals surface area contributed by atoms with E-state index in [0.29, 0.717) is 26.7 Å². The fourth-order valence-corrected chi connectivity index (χ4v) is 3.66. The van der Waals surface area contributed by atoms with Crippen LogP contribution in [0.3, 0.4) is 0 Å². The lowest BCUT2D eigenvalue weighted by Gasteiger charge is -2.22. The van der Waals surface area contributed by atoms with Crippen molar-refractivity contribution < 1.29 is 13.9 Å². The molecule has 0 saturated heterocycles. The van der Waals surface area contributed by atoms with Crippen molar-refractivity contribution in [3.05, 3.63) is 93.7 Å². The van der Waals surface area contributed by atoms with Crippen LogP contribution in [0, 0.1) is 11.6 Å². The quantitative estimate of drug-likeness (QED) is 0.408. The van der Waals surface area contributed by atoms with Crippen LogP contribution in [0.2, 0.25) is 10.0 Å². The number of hydrogen-bond donors (Lipinski definition) is 2. The Kier molecular flexibility index (Phi) is 5.22. The number of pyridine rings is 2. The largest absolute Gasteiger partial charge is 0.505 e. The van der Waals surface area contributed by atoms with Crippen LogP contribution in [0.5, 0.6) is 5.75 Å². The number of halogens is 4. The molecule has 0 amide bonds. The van der Waals surface area contributed by atoms with E-state index >= 15 is 0 Å². The maximum atomic E-state index is 14.3. The molecule has 4 nitrogen and oxygen atoms in total. The fourth-order valence-electron chi connectivity index (χ4n) is 3.12. The number of rotatable bonds is 4. The van der Waals surface area contributed by atoms with Crippen LogP contribution < -0.4 is 5.32 Å². The highest BCUT2D eigenvalue weighted by atomic mass is 35.5. The second kappa shape index (κ2) is 7.81. The molecule has 0 radical (unpaired) electrons. The van der Waals surface area contributed by atoms with Crippen molar-refractivity contribution in [1.82, 2.24) is 9.97 Å². The number of phenolic OH excluding ortho intramolecular Hbond substituents is 1. The third kappa shape index (κ3) is 3.95. The lowest BCUT2D eigenvalue weighted by molar-refractivity contribution is 0.471. The molecule has 0 saturated carbocycles. The topological polar surface area (TPSA) is 58.0 Å². The minimum atomic E-state index is -0.874. The summed E-state index contributed by atoms with van der Waals surface area (Å²) in [7, 11) is 0. The van der Waals surface area contributed by atoms with Gasteiger partial charge in [-0.3, -0.25) is 4.98 Å². The van der Waals surface area contributed by atoms with Crippen molar-refractivity contribution in [2.24, 2.45) is 0 Å². The first-order chi connectivity index (χ1) is 13.9. The monoisotopic (exact) mass is 431 g/mol. The summed E-state index contributed by atoms with van der Waals surface area (Å²) in [5.74, 6) is -1.94. The van der Waals surface area contributed by atoms with Crippen molar-refractivity contribution in [1.29, 1.82) is 0 Å². The van der Waals surface area contributed by atoms with Gasteiger partial charge in [-0.1, -0.05) is 41.4 Å². The molecule has 0 aliphatic heterocycles. The Morgan fingerprint density at radius 1 is 0.966 bits per heavy atom. The average Bonchev–Trinajstić information content (AvgIpc) is 2.68. The molecule has 2 N–H and O–H groups in total. The molecule has 1 unspecified atom stereocenters. The summed E-state index contributed by atoms with van der Waals surface area (Å²) < 4.78 is 27.5. The zero-order valence-electron chi connectivity index (χ0n) is 14.7.